The molecule has 1 aliphatic rings. The Kier molecular flexibility index (Phi) is 6.04. The van der Waals surface area contributed by atoms with Crippen molar-refractivity contribution >= 4 is 44.2 Å². The molecule has 3 aromatic rings. The number of aromatic nitrogens is 1. The predicted molar refractivity (Wildman–Crippen MR) is 117 cm³/mol. The Balaban J connectivity index is 1.62. The molecule has 152 valence electrons. The van der Waals surface area contributed by atoms with Crippen LogP contribution in [0, 0.1) is 6.92 Å². The lowest BCUT2D eigenvalue weighted by Crippen LogP contribution is -2.38. The molecule has 1 unspecified atom stereocenters. The van der Waals surface area contributed by atoms with Crippen LogP contribution in [0.15, 0.2) is 36.4 Å². The van der Waals surface area contributed by atoms with E-state index < -0.39 is 0 Å². The highest BCUT2D eigenvalue weighted by atomic mass is 35.5. The number of carbonyl (C=O) groups is 1. The second-order valence-electron chi connectivity index (χ2n) is 7.20. The number of hydrogen-bond acceptors (Lipinski definition) is 5. The Bertz CT molecular complexity index is 1030. The zero-order valence-electron chi connectivity index (χ0n) is 16.5. The second-order valence-corrected chi connectivity index (χ2v) is 8.62. The molecular formula is C22H23ClN2O3S. The molecule has 0 bridgehead atoms. The molecule has 1 saturated heterocycles. The van der Waals surface area contributed by atoms with Gasteiger partial charge in [-0.3, -0.25) is 9.69 Å². The normalized spacial score (nSPS) is 16.3. The number of rotatable bonds is 6. The average Bonchev–Trinajstić information content (AvgIpc) is 3.36. The van der Waals surface area contributed by atoms with Crippen molar-refractivity contribution in [1.82, 2.24) is 4.98 Å². The smallest absolute Gasteiger partial charge is 0.233 e. The molecule has 1 fully saturated rings. The van der Waals surface area contributed by atoms with Crippen molar-refractivity contribution in [3.05, 3.63) is 52.5 Å². The van der Waals surface area contributed by atoms with Gasteiger partial charge in [0.15, 0.2) is 5.13 Å². The van der Waals surface area contributed by atoms with E-state index >= 15 is 0 Å². The fourth-order valence-electron chi connectivity index (χ4n) is 3.62. The summed E-state index contributed by atoms with van der Waals surface area (Å²) >= 11 is 7.79. The highest BCUT2D eigenvalue weighted by molar-refractivity contribution is 7.22. The first-order valence-corrected chi connectivity index (χ1v) is 10.8. The summed E-state index contributed by atoms with van der Waals surface area (Å²) in [5, 5.41) is 1.26. The van der Waals surface area contributed by atoms with Gasteiger partial charge in [-0.05, 0) is 49.1 Å². The van der Waals surface area contributed by atoms with Gasteiger partial charge in [-0.1, -0.05) is 41.1 Å². The van der Waals surface area contributed by atoms with Gasteiger partial charge in [-0.15, -0.1) is 0 Å². The fourth-order valence-corrected chi connectivity index (χ4v) is 4.91. The number of amides is 1. The van der Waals surface area contributed by atoms with Crippen LogP contribution < -0.4 is 9.64 Å². The van der Waals surface area contributed by atoms with E-state index in [1.54, 1.807) is 12.0 Å². The lowest BCUT2D eigenvalue weighted by Gasteiger charge is -2.23. The summed E-state index contributed by atoms with van der Waals surface area (Å²) in [5.74, 6) is 0.818. The molecule has 2 heterocycles. The summed E-state index contributed by atoms with van der Waals surface area (Å²) < 4.78 is 12.1. The van der Waals surface area contributed by atoms with Crippen molar-refractivity contribution in [2.75, 3.05) is 25.2 Å². The van der Waals surface area contributed by atoms with Gasteiger partial charge >= 0.3 is 0 Å². The van der Waals surface area contributed by atoms with Crippen LogP contribution >= 0.6 is 22.9 Å². The minimum atomic E-state index is 0.000227. The largest absolute Gasteiger partial charge is 0.496 e. The van der Waals surface area contributed by atoms with Crippen LogP contribution in [-0.4, -0.2) is 37.3 Å². The molecule has 0 N–H and O–H groups in total. The van der Waals surface area contributed by atoms with Gasteiger partial charge in [0.25, 0.3) is 0 Å². The third kappa shape index (κ3) is 4.39. The molecule has 29 heavy (non-hydrogen) atoms. The third-order valence-corrected chi connectivity index (χ3v) is 6.46. The average molecular weight is 431 g/mol. The zero-order chi connectivity index (χ0) is 20.4. The molecule has 5 nitrogen and oxygen atoms in total. The van der Waals surface area contributed by atoms with Gasteiger partial charge in [-0.25, -0.2) is 4.98 Å². The predicted octanol–water partition coefficient (Wildman–Crippen LogP) is 5.02. The standard InChI is InChI=1S/C22H23ClN2O3S/c1-14-11-15(8-9-18(14)27-2)12-20(26)25(13-16-5-4-10-28-16)22-24-21-17(23)6-3-7-19(21)29-22/h3,6-9,11,16H,4-5,10,12-13H2,1-2H3. The fraction of sp³-hybridized carbons (Fsp3) is 0.364. The van der Waals surface area contributed by atoms with Gasteiger partial charge < -0.3 is 9.47 Å². The summed E-state index contributed by atoms with van der Waals surface area (Å²) in [5.41, 5.74) is 2.69. The monoisotopic (exact) mass is 430 g/mol. The Hall–Kier alpha value is -2.15. The Labute approximate surface area is 179 Å². The molecule has 1 amide bonds. The van der Waals surface area contributed by atoms with Gasteiger partial charge in [0, 0.05) is 6.61 Å². The number of para-hydroxylation sites is 1. The molecule has 0 spiro atoms. The molecule has 0 aliphatic carbocycles. The molecule has 2 aromatic carbocycles. The van der Waals surface area contributed by atoms with E-state index in [-0.39, 0.29) is 12.0 Å². The maximum atomic E-state index is 13.3. The van der Waals surface area contributed by atoms with E-state index in [1.807, 2.05) is 43.3 Å². The highest BCUT2D eigenvalue weighted by Crippen LogP contribution is 2.34. The number of fused-ring (bicyclic) bond motifs is 1. The van der Waals surface area contributed by atoms with Crippen LogP contribution in [0.3, 0.4) is 0 Å². The topological polar surface area (TPSA) is 51.7 Å². The summed E-state index contributed by atoms with van der Waals surface area (Å²) in [6, 6.07) is 11.5. The van der Waals surface area contributed by atoms with E-state index in [1.165, 1.54) is 11.3 Å². The van der Waals surface area contributed by atoms with E-state index in [4.69, 9.17) is 21.1 Å². The molecule has 1 aromatic heterocycles. The molecule has 1 atom stereocenters. The van der Waals surface area contributed by atoms with Crippen molar-refractivity contribution in [3.8, 4) is 5.75 Å². The van der Waals surface area contributed by atoms with Crippen molar-refractivity contribution in [2.45, 2.75) is 32.3 Å². The molecule has 4 rings (SSSR count). The number of anilines is 1. The maximum Gasteiger partial charge on any atom is 0.233 e. The summed E-state index contributed by atoms with van der Waals surface area (Å²) in [6.07, 6.45) is 2.31. The number of nitrogens with zero attached hydrogens (tertiary/aromatic N) is 2. The van der Waals surface area contributed by atoms with E-state index in [0.717, 1.165) is 46.5 Å². The van der Waals surface area contributed by atoms with Crippen molar-refractivity contribution in [3.63, 3.8) is 0 Å². The van der Waals surface area contributed by atoms with Gasteiger partial charge in [-0.2, -0.15) is 0 Å². The molecular weight excluding hydrogens is 408 g/mol. The van der Waals surface area contributed by atoms with E-state index in [2.05, 4.69) is 4.98 Å². The van der Waals surface area contributed by atoms with Crippen LogP contribution in [0.4, 0.5) is 5.13 Å². The summed E-state index contributed by atoms with van der Waals surface area (Å²) in [4.78, 5) is 19.7. The lowest BCUT2D eigenvalue weighted by molar-refractivity contribution is -0.118. The van der Waals surface area contributed by atoms with Crippen molar-refractivity contribution < 1.29 is 14.3 Å². The Morgan fingerprint density at radius 3 is 2.93 bits per heavy atom. The van der Waals surface area contributed by atoms with Crippen LogP contribution in [0.5, 0.6) is 5.75 Å². The first-order chi connectivity index (χ1) is 14.0. The number of halogens is 1. The van der Waals surface area contributed by atoms with Gasteiger partial charge in [0.1, 0.15) is 11.3 Å². The summed E-state index contributed by atoms with van der Waals surface area (Å²) in [6.45, 7) is 3.23. The van der Waals surface area contributed by atoms with Crippen LogP contribution in [-0.2, 0) is 16.0 Å². The lowest BCUT2D eigenvalue weighted by atomic mass is 10.1. The minimum absolute atomic E-state index is 0.000227. The van der Waals surface area contributed by atoms with Crippen LogP contribution in [0.25, 0.3) is 10.2 Å². The van der Waals surface area contributed by atoms with Gasteiger partial charge in [0.2, 0.25) is 5.91 Å². The Morgan fingerprint density at radius 1 is 1.38 bits per heavy atom. The molecule has 7 heteroatoms. The molecule has 1 aliphatic heterocycles. The first-order valence-electron chi connectivity index (χ1n) is 9.65. The Morgan fingerprint density at radius 2 is 2.24 bits per heavy atom. The number of thiazole rings is 1. The quantitative estimate of drug-likeness (QED) is 0.550. The highest BCUT2D eigenvalue weighted by Gasteiger charge is 2.26. The van der Waals surface area contributed by atoms with Crippen LogP contribution in [0.1, 0.15) is 24.0 Å². The summed E-state index contributed by atoms with van der Waals surface area (Å²) in [7, 11) is 1.65. The zero-order valence-corrected chi connectivity index (χ0v) is 18.1. The number of hydrogen-bond donors (Lipinski definition) is 0. The number of benzene rings is 2. The number of carbonyl (C=O) groups excluding carboxylic acids is 1. The van der Waals surface area contributed by atoms with Gasteiger partial charge in [0.05, 0.1) is 35.9 Å². The third-order valence-electron chi connectivity index (χ3n) is 5.12. The second kappa shape index (κ2) is 8.69. The maximum absolute atomic E-state index is 13.3. The number of ether oxygens (including phenoxy) is 2. The van der Waals surface area contributed by atoms with Crippen molar-refractivity contribution in [1.29, 1.82) is 0 Å². The first kappa shape index (κ1) is 20.1. The minimum Gasteiger partial charge on any atom is -0.496 e. The van der Waals surface area contributed by atoms with E-state index in [9.17, 15) is 4.79 Å². The van der Waals surface area contributed by atoms with Crippen molar-refractivity contribution in [2.24, 2.45) is 0 Å². The molecule has 0 radical (unpaired) electrons. The molecule has 0 saturated carbocycles. The van der Waals surface area contributed by atoms with E-state index in [0.29, 0.717) is 23.1 Å². The SMILES string of the molecule is COc1ccc(CC(=O)N(CC2CCCO2)c2nc3c(Cl)cccc3s2)cc1C. The number of methoxy groups -OCH3 is 1. The number of aryl methyl sites for hydroxylation is 1. The van der Waals surface area contributed by atoms with Crippen LogP contribution in [0.2, 0.25) is 5.02 Å².